The molecule has 0 saturated carbocycles. The van der Waals surface area contributed by atoms with Gasteiger partial charge >= 0.3 is 12.2 Å². The molecule has 2 fully saturated rings. The van der Waals surface area contributed by atoms with E-state index in [0.29, 0.717) is 25.2 Å². The number of rotatable bonds is 10. The predicted molar refractivity (Wildman–Crippen MR) is 190 cm³/mol. The van der Waals surface area contributed by atoms with Crippen molar-refractivity contribution in [3.8, 4) is 22.4 Å². The van der Waals surface area contributed by atoms with Crippen LogP contribution in [0.5, 0.6) is 0 Å². The van der Waals surface area contributed by atoms with Gasteiger partial charge in [0.1, 0.15) is 17.0 Å². The first-order valence-corrected chi connectivity index (χ1v) is 17.7. The number of likely N-dealkylation sites (tertiary alicyclic amines) is 1. The van der Waals surface area contributed by atoms with E-state index in [9.17, 15) is 14.4 Å². The molecule has 1 aromatic heterocycles. The van der Waals surface area contributed by atoms with Crippen molar-refractivity contribution >= 4 is 29.9 Å². The van der Waals surface area contributed by atoms with Crippen LogP contribution in [0.25, 0.3) is 22.4 Å². The number of carbonyl (C=O) groups excluding carboxylic acids is 3. The third kappa shape index (κ3) is 8.92. The lowest BCUT2D eigenvalue weighted by Gasteiger charge is -2.36. The van der Waals surface area contributed by atoms with Crippen molar-refractivity contribution in [3.05, 3.63) is 66.1 Å². The monoisotopic (exact) mass is 675 g/mol. The Morgan fingerprint density at radius 2 is 1.52 bits per heavy atom. The van der Waals surface area contributed by atoms with Gasteiger partial charge < -0.3 is 30.0 Å². The molecule has 2 atom stereocenters. The fourth-order valence-corrected chi connectivity index (χ4v) is 6.91. The second-order valence-corrected chi connectivity index (χ2v) is 16.4. The van der Waals surface area contributed by atoms with Crippen molar-refractivity contribution in [2.45, 2.75) is 95.6 Å². The summed E-state index contributed by atoms with van der Waals surface area (Å²) < 4.78 is 10.9. The highest BCUT2D eigenvalue weighted by molar-refractivity contribution is 8.07. The smallest absolute Gasteiger partial charge is 0.410 e. The Kier molecular flexibility index (Phi) is 10.2. The molecule has 3 heterocycles. The maximum absolute atomic E-state index is 13.0. The first-order valence-electron chi connectivity index (χ1n) is 16.7. The summed E-state index contributed by atoms with van der Waals surface area (Å²) in [6.07, 6.45) is 4.58. The molecule has 3 amide bonds. The van der Waals surface area contributed by atoms with Gasteiger partial charge in [0.05, 0.1) is 22.2 Å². The standard InChI is InChI=1S/C37H49N5O5S/c1-34(2,3)46-32(44)38-20-8-19-37(24-48-37)31-39-22-29(41-31)27-14-10-25(11-15-27)26-12-16-28(17-13-26)30(43)40-23-36(7)18-9-21-42(36)33(45)47-35(4,5)6/h10-17,22H,8-9,18-21,23-24H2,1-7H3,(H,38,44)(H,39,41)(H,40,43)/t36-,37-/m0/s1. The number of hydrogen-bond donors (Lipinski definition) is 3. The predicted octanol–water partition coefficient (Wildman–Crippen LogP) is 7.51. The summed E-state index contributed by atoms with van der Waals surface area (Å²) in [4.78, 5) is 47.7. The minimum atomic E-state index is -0.571. The number of ether oxygens (including phenoxy) is 2. The molecule has 258 valence electrons. The van der Waals surface area contributed by atoms with Gasteiger partial charge in [-0.2, -0.15) is 0 Å². The SMILES string of the molecule is CC(C)(C)OC(=O)NCCC[C@@]1(c2ncc(-c3ccc(-c4ccc(C(=O)NC[C@]5(C)CCCN5C(=O)OC(C)(C)C)cc4)cc3)[nH]2)CS1. The van der Waals surface area contributed by atoms with Crippen molar-refractivity contribution in [1.29, 1.82) is 0 Å². The zero-order chi connectivity index (χ0) is 34.7. The number of benzene rings is 2. The molecule has 0 aliphatic carbocycles. The van der Waals surface area contributed by atoms with Gasteiger partial charge in [0.25, 0.3) is 5.91 Å². The quantitative estimate of drug-likeness (QED) is 0.150. The third-order valence-corrected chi connectivity index (χ3v) is 9.98. The van der Waals surface area contributed by atoms with Gasteiger partial charge in [-0.15, -0.1) is 11.8 Å². The molecule has 5 rings (SSSR count). The number of H-pyrrole nitrogens is 1. The van der Waals surface area contributed by atoms with Crippen LogP contribution >= 0.6 is 11.8 Å². The Morgan fingerprint density at radius 1 is 0.917 bits per heavy atom. The van der Waals surface area contributed by atoms with E-state index >= 15 is 0 Å². The lowest BCUT2D eigenvalue weighted by Crippen LogP contribution is -2.53. The van der Waals surface area contributed by atoms with Gasteiger partial charge in [0, 0.05) is 31.0 Å². The minimum Gasteiger partial charge on any atom is -0.444 e. The molecule has 0 spiro atoms. The summed E-state index contributed by atoms with van der Waals surface area (Å²) >= 11 is 1.87. The van der Waals surface area contributed by atoms with E-state index in [1.54, 1.807) is 4.90 Å². The van der Waals surface area contributed by atoms with Gasteiger partial charge in [0.2, 0.25) is 0 Å². The number of amides is 3. The third-order valence-electron chi connectivity index (χ3n) is 8.59. The van der Waals surface area contributed by atoms with Gasteiger partial charge in [-0.25, -0.2) is 14.6 Å². The van der Waals surface area contributed by atoms with E-state index in [0.717, 1.165) is 59.6 Å². The fourth-order valence-electron chi connectivity index (χ4n) is 5.93. The topological polar surface area (TPSA) is 126 Å². The largest absolute Gasteiger partial charge is 0.444 e. The Balaban J connectivity index is 1.13. The number of carbonyl (C=O) groups is 3. The van der Waals surface area contributed by atoms with Crippen molar-refractivity contribution < 1.29 is 23.9 Å². The maximum Gasteiger partial charge on any atom is 0.410 e. The number of aromatic amines is 1. The second kappa shape index (κ2) is 13.9. The molecule has 0 bridgehead atoms. The van der Waals surface area contributed by atoms with E-state index in [2.05, 4.69) is 39.9 Å². The molecular weight excluding hydrogens is 627 g/mol. The summed E-state index contributed by atoms with van der Waals surface area (Å²) in [5, 5.41) is 5.88. The molecule has 2 aliphatic rings. The average molecular weight is 676 g/mol. The van der Waals surface area contributed by atoms with Gasteiger partial charge in [-0.3, -0.25) is 4.79 Å². The molecule has 48 heavy (non-hydrogen) atoms. The molecule has 0 radical (unpaired) electrons. The molecular formula is C37H49N5O5S. The lowest BCUT2D eigenvalue weighted by atomic mass is 9.98. The number of alkyl carbamates (subject to hydrolysis) is 1. The van der Waals surface area contributed by atoms with Crippen molar-refractivity contribution in [1.82, 2.24) is 25.5 Å². The molecule has 11 heteroatoms. The van der Waals surface area contributed by atoms with E-state index in [1.165, 1.54) is 0 Å². The van der Waals surface area contributed by atoms with Crippen LogP contribution in [-0.2, 0) is 14.2 Å². The van der Waals surface area contributed by atoms with E-state index in [1.807, 2.05) is 90.7 Å². The highest BCUT2D eigenvalue weighted by atomic mass is 32.2. The average Bonchev–Trinajstić information content (AvgIpc) is 3.43. The molecule has 2 aromatic carbocycles. The van der Waals surface area contributed by atoms with Gasteiger partial charge in [-0.05, 0) is 103 Å². The first kappa shape index (κ1) is 35.3. The van der Waals surface area contributed by atoms with Gasteiger partial charge in [-0.1, -0.05) is 36.4 Å². The van der Waals surface area contributed by atoms with Crippen LogP contribution < -0.4 is 10.6 Å². The second-order valence-electron chi connectivity index (χ2n) is 15.0. The molecule has 3 N–H and O–H groups in total. The maximum atomic E-state index is 13.0. The number of thioether (sulfide) groups is 1. The molecule has 3 aromatic rings. The van der Waals surface area contributed by atoms with Crippen LogP contribution in [0.15, 0.2) is 54.7 Å². The highest BCUT2D eigenvalue weighted by Crippen LogP contribution is 2.55. The van der Waals surface area contributed by atoms with Crippen molar-refractivity contribution in [3.63, 3.8) is 0 Å². The Morgan fingerprint density at radius 3 is 2.12 bits per heavy atom. The van der Waals surface area contributed by atoms with Crippen molar-refractivity contribution in [2.24, 2.45) is 0 Å². The zero-order valence-corrected chi connectivity index (χ0v) is 30.0. The molecule has 2 aliphatic heterocycles. The Bertz CT molecular complexity index is 1600. The van der Waals surface area contributed by atoms with E-state index in [-0.39, 0.29) is 22.8 Å². The first-order chi connectivity index (χ1) is 22.6. The van der Waals surface area contributed by atoms with E-state index < -0.39 is 16.7 Å². The van der Waals surface area contributed by atoms with Crippen LogP contribution in [-0.4, -0.2) is 75.1 Å². The normalized spacial score (nSPS) is 20.7. The number of aromatic nitrogens is 2. The van der Waals surface area contributed by atoms with Crippen LogP contribution in [0, 0.1) is 0 Å². The van der Waals surface area contributed by atoms with Crippen molar-refractivity contribution in [2.75, 3.05) is 25.4 Å². The van der Waals surface area contributed by atoms with Crippen LogP contribution in [0.3, 0.4) is 0 Å². The van der Waals surface area contributed by atoms with Crippen LogP contribution in [0.1, 0.15) is 90.3 Å². The lowest BCUT2D eigenvalue weighted by molar-refractivity contribution is 0.0106. The fraction of sp³-hybridized carbons (Fsp3) is 0.514. The van der Waals surface area contributed by atoms with Crippen LogP contribution in [0.4, 0.5) is 9.59 Å². The number of imidazole rings is 1. The zero-order valence-electron chi connectivity index (χ0n) is 29.2. The number of hydrogen-bond acceptors (Lipinski definition) is 7. The molecule has 0 unspecified atom stereocenters. The summed E-state index contributed by atoms with van der Waals surface area (Å²) in [6, 6.07) is 15.9. The molecule has 10 nitrogen and oxygen atoms in total. The number of nitrogens with one attached hydrogen (secondary N) is 3. The van der Waals surface area contributed by atoms with Crippen LogP contribution in [0.2, 0.25) is 0 Å². The highest BCUT2D eigenvalue weighted by Gasteiger charge is 2.47. The molecule has 2 saturated heterocycles. The number of nitrogens with zero attached hydrogens (tertiary/aromatic N) is 2. The summed E-state index contributed by atoms with van der Waals surface area (Å²) in [7, 11) is 0. The minimum absolute atomic E-state index is 0.0336. The van der Waals surface area contributed by atoms with Gasteiger partial charge in [0.15, 0.2) is 0 Å². The summed E-state index contributed by atoms with van der Waals surface area (Å²) in [5.74, 6) is 1.80. The summed E-state index contributed by atoms with van der Waals surface area (Å²) in [5.41, 5.74) is 3.06. The van der Waals surface area contributed by atoms with E-state index in [4.69, 9.17) is 14.5 Å². The Labute approximate surface area is 288 Å². The Hall–Kier alpha value is -3.99. The summed E-state index contributed by atoms with van der Waals surface area (Å²) in [6.45, 7) is 14.7.